The second-order valence-corrected chi connectivity index (χ2v) is 10.6. The van der Waals surface area contributed by atoms with Crippen LogP contribution in [0.3, 0.4) is 0 Å². The molecule has 8 nitrogen and oxygen atoms in total. The average molecular weight is 453 g/mol. The molecule has 148 valence electrons. The third-order valence-electron chi connectivity index (χ3n) is 4.28. The predicted molar refractivity (Wildman–Crippen MR) is 102 cm³/mol. The van der Waals surface area contributed by atoms with Crippen LogP contribution in [0, 0.1) is 0 Å². The molecule has 1 aromatic carbocycles. The number of aryl methyl sites for hydroxylation is 1. The van der Waals surface area contributed by atoms with Crippen molar-refractivity contribution < 1.29 is 16.8 Å². The summed E-state index contributed by atoms with van der Waals surface area (Å²) in [5, 5.41) is 4.31. The Balaban J connectivity index is 1.77. The van der Waals surface area contributed by atoms with Crippen molar-refractivity contribution in [1.82, 2.24) is 18.4 Å². The maximum atomic E-state index is 12.8. The van der Waals surface area contributed by atoms with Crippen molar-refractivity contribution >= 4 is 43.2 Å². The number of hydrogen-bond donors (Lipinski definition) is 0. The molecular weight excluding hydrogens is 435 g/mol. The average Bonchev–Trinajstić information content (AvgIpc) is 3.14. The molecule has 0 radical (unpaired) electrons. The smallest absolute Gasteiger partial charge is 0.246 e. The van der Waals surface area contributed by atoms with Gasteiger partial charge in [0.2, 0.25) is 20.0 Å². The number of aromatic nitrogens is 2. The third kappa shape index (κ3) is 4.01. The summed E-state index contributed by atoms with van der Waals surface area (Å²) in [5.41, 5.74) is 0. The fourth-order valence-corrected chi connectivity index (χ4v) is 6.30. The van der Waals surface area contributed by atoms with Crippen LogP contribution in [0.1, 0.15) is 6.92 Å². The Morgan fingerprint density at radius 2 is 1.59 bits per heavy atom. The van der Waals surface area contributed by atoms with Gasteiger partial charge in [0.15, 0.2) is 0 Å². The SMILES string of the molecule is CCn1cc(S(=O)(=O)N2CCN(S(=O)(=O)c3cc(Cl)ccc3Cl)CC2)cn1. The van der Waals surface area contributed by atoms with Crippen LogP contribution in [0.2, 0.25) is 10.0 Å². The normalized spacial score (nSPS) is 17.3. The van der Waals surface area contributed by atoms with Gasteiger partial charge in [-0.05, 0) is 25.1 Å². The molecule has 2 heterocycles. The van der Waals surface area contributed by atoms with Gasteiger partial charge in [0.25, 0.3) is 0 Å². The highest BCUT2D eigenvalue weighted by molar-refractivity contribution is 7.89. The van der Waals surface area contributed by atoms with Crippen LogP contribution in [0.5, 0.6) is 0 Å². The van der Waals surface area contributed by atoms with E-state index >= 15 is 0 Å². The number of sulfonamides is 2. The Morgan fingerprint density at radius 3 is 2.15 bits per heavy atom. The molecule has 0 bridgehead atoms. The molecule has 1 aliphatic rings. The van der Waals surface area contributed by atoms with Gasteiger partial charge in [-0.3, -0.25) is 4.68 Å². The van der Waals surface area contributed by atoms with Crippen LogP contribution >= 0.6 is 23.2 Å². The van der Waals surface area contributed by atoms with E-state index in [1.807, 2.05) is 6.92 Å². The van der Waals surface area contributed by atoms with Crippen molar-refractivity contribution in [2.45, 2.75) is 23.3 Å². The molecule has 0 spiro atoms. The van der Waals surface area contributed by atoms with Gasteiger partial charge in [0, 0.05) is 43.9 Å². The van der Waals surface area contributed by atoms with Crippen molar-refractivity contribution in [2.75, 3.05) is 26.2 Å². The summed E-state index contributed by atoms with van der Waals surface area (Å²) in [6, 6.07) is 4.22. The minimum Gasteiger partial charge on any atom is -0.272 e. The van der Waals surface area contributed by atoms with Gasteiger partial charge in [-0.2, -0.15) is 13.7 Å². The Kier molecular flexibility index (Phi) is 5.85. The van der Waals surface area contributed by atoms with E-state index in [1.54, 1.807) is 0 Å². The van der Waals surface area contributed by atoms with E-state index in [-0.39, 0.29) is 46.0 Å². The fourth-order valence-electron chi connectivity index (χ4n) is 2.76. The molecule has 0 amide bonds. The van der Waals surface area contributed by atoms with Crippen molar-refractivity contribution in [1.29, 1.82) is 0 Å². The molecule has 1 aliphatic heterocycles. The molecule has 0 N–H and O–H groups in total. The molecule has 1 saturated heterocycles. The van der Waals surface area contributed by atoms with E-state index in [1.165, 1.54) is 43.9 Å². The van der Waals surface area contributed by atoms with Crippen LogP contribution < -0.4 is 0 Å². The van der Waals surface area contributed by atoms with Crippen molar-refractivity contribution in [3.05, 3.63) is 40.6 Å². The molecule has 0 atom stereocenters. The molecule has 3 rings (SSSR count). The van der Waals surface area contributed by atoms with Gasteiger partial charge < -0.3 is 0 Å². The molecule has 1 aromatic heterocycles. The summed E-state index contributed by atoms with van der Waals surface area (Å²) in [6.07, 6.45) is 2.76. The molecule has 0 aliphatic carbocycles. The Hall–Kier alpha value is -1.17. The lowest BCUT2D eigenvalue weighted by Gasteiger charge is -2.33. The number of hydrogen-bond acceptors (Lipinski definition) is 5. The summed E-state index contributed by atoms with van der Waals surface area (Å²) in [7, 11) is -7.59. The zero-order valence-electron chi connectivity index (χ0n) is 14.4. The number of benzene rings is 1. The first-order chi connectivity index (χ1) is 12.7. The van der Waals surface area contributed by atoms with E-state index in [0.717, 1.165) is 0 Å². The number of piperazine rings is 1. The summed E-state index contributed by atoms with van der Waals surface area (Å²) in [5.74, 6) is 0. The van der Waals surface area contributed by atoms with E-state index in [0.29, 0.717) is 6.54 Å². The van der Waals surface area contributed by atoms with Gasteiger partial charge in [0.1, 0.15) is 9.79 Å². The number of halogens is 2. The molecule has 12 heteroatoms. The first-order valence-electron chi connectivity index (χ1n) is 8.14. The Bertz CT molecular complexity index is 1050. The summed E-state index contributed by atoms with van der Waals surface area (Å²) in [6.45, 7) is 2.53. The second-order valence-electron chi connectivity index (χ2n) is 5.91. The standard InChI is InChI=1S/C15H18Cl2N4O4S2/c1-2-19-11-13(10-18-19)26(22,23)20-5-7-21(8-6-20)27(24,25)15-9-12(16)3-4-14(15)17/h3-4,9-11H,2,5-8H2,1H3. The fraction of sp³-hybridized carbons (Fsp3) is 0.400. The first-order valence-corrected chi connectivity index (χ1v) is 11.8. The topological polar surface area (TPSA) is 92.6 Å². The Morgan fingerprint density at radius 1 is 1.00 bits per heavy atom. The second kappa shape index (κ2) is 7.69. The molecule has 27 heavy (non-hydrogen) atoms. The van der Waals surface area contributed by atoms with E-state index < -0.39 is 20.0 Å². The van der Waals surface area contributed by atoms with E-state index in [4.69, 9.17) is 23.2 Å². The molecule has 0 saturated carbocycles. The maximum Gasteiger partial charge on any atom is 0.246 e. The lowest BCUT2D eigenvalue weighted by Crippen LogP contribution is -2.50. The number of rotatable bonds is 5. The lowest BCUT2D eigenvalue weighted by atomic mass is 10.4. The number of nitrogens with zero attached hydrogens (tertiary/aromatic N) is 4. The van der Waals surface area contributed by atoms with Gasteiger partial charge in [0.05, 0.1) is 11.2 Å². The van der Waals surface area contributed by atoms with Crippen LogP contribution in [-0.4, -0.2) is 61.4 Å². The monoisotopic (exact) mass is 452 g/mol. The zero-order valence-corrected chi connectivity index (χ0v) is 17.6. The maximum absolute atomic E-state index is 12.8. The lowest BCUT2D eigenvalue weighted by molar-refractivity contribution is 0.273. The van der Waals surface area contributed by atoms with Crippen LogP contribution in [0.25, 0.3) is 0 Å². The summed E-state index contributed by atoms with van der Waals surface area (Å²) < 4.78 is 55.1. The largest absolute Gasteiger partial charge is 0.272 e. The quantitative estimate of drug-likeness (QED) is 0.690. The van der Waals surface area contributed by atoms with E-state index in [2.05, 4.69) is 5.10 Å². The molecule has 0 unspecified atom stereocenters. The first kappa shape index (κ1) is 20.6. The van der Waals surface area contributed by atoms with E-state index in [9.17, 15) is 16.8 Å². The van der Waals surface area contributed by atoms with Crippen molar-refractivity contribution in [3.63, 3.8) is 0 Å². The summed E-state index contributed by atoms with van der Waals surface area (Å²) in [4.78, 5) is 0.00994. The van der Waals surface area contributed by atoms with Crippen LogP contribution in [0.4, 0.5) is 0 Å². The van der Waals surface area contributed by atoms with Gasteiger partial charge in [-0.1, -0.05) is 23.2 Å². The minimum atomic E-state index is -3.87. The molecule has 2 aromatic rings. The van der Waals surface area contributed by atoms with Crippen molar-refractivity contribution in [3.8, 4) is 0 Å². The zero-order chi connectivity index (χ0) is 19.8. The summed E-state index contributed by atoms with van der Waals surface area (Å²) >= 11 is 11.9. The van der Waals surface area contributed by atoms with Gasteiger partial charge >= 0.3 is 0 Å². The highest BCUT2D eigenvalue weighted by atomic mass is 35.5. The van der Waals surface area contributed by atoms with Crippen LogP contribution in [-0.2, 0) is 26.6 Å². The predicted octanol–water partition coefficient (Wildman–Crippen LogP) is 1.91. The van der Waals surface area contributed by atoms with Gasteiger partial charge in [-0.25, -0.2) is 16.8 Å². The molecular formula is C15H18Cl2N4O4S2. The highest BCUT2D eigenvalue weighted by Gasteiger charge is 2.35. The third-order valence-corrected chi connectivity index (χ3v) is 8.75. The van der Waals surface area contributed by atoms with Crippen LogP contribution in [0.15, 0.2) is 40.4 Å². The van der Waals surface area contributed by atoms with Gasteiger partial charge in [-0.15, -0.1) is 0 Å². The minimum absolute atomic E-state index is 0.0202. The highest BCUT2D eigenvalue weighted by Crippen LogP contribution is 2.29. The molecule has 1 fully saturated rings. The Labute approximate surface area is 168 Å². The van der Waals surface area contributed by atoms with Crippen molar-refractivity contribution in [2.24, 2.45) is 0 Å².